The summed E-state index contributed by atoms with van der Waals surface area (Å²) in [5.74, 6) is 0.346. The monoisotopic (exact) mass is 411 g/mol. The molecule has 1 aromatic heterocycles. The number of benzene rings is 1. The van der Waals surface area contributed by atoms with Crippen LogP contribution >= 0.6 is 15.9 Å². The molecule has 0 spiro atoms. The normalized spacial score (nSPS) is 16.8. The highest BCUT2D eigenvalue weighted by Crippen LogP contribution is 2.39. The molecule has 130 valence electrons. The molecule has 1 fully saturated rings. The molecule has 0 bridgehead atoms. The van der Waals surface area contributed by atoms with Crippen molar-refractivity contribution >= 4 is 26.0 Å². The lowest BCUT2D eigenvalue weighted by Gasteiger charge is -2.34. The molecular weight excluding hydrogens is 390 g/mol. The fraction of sp³-hybridized carbons (Fsp3) is 0.471. The van der Waals surface area contributed by atoms with Gasteiger partial charge in [-0.2, -0.15) is 5.10 Å². The van der Waals surface area contributed by atoms with Crippen molar-refractivity contribution in [3.05, 3.63) is 45.7 Å². The summed E-state index contributed by atoms with van der Waals surface area (Å²) in [5.41, 5.74) is 2.19. The summed E-state index contributed by atoms with van der Waals surface area (Å²) in [4.78, 5) is 0.298. The van der Waals surface area contributed by atoms with Crippen LogP contribution in [-0.4, -0.2) is 18.2 Å². The standard InChI is InChI=1S/C17H22BrN3O2S/c1-11-17(12(2)21(3)19-11)24(22,23)20-16(13-5-4-6-13)14-7-9-15(18)10-8-14/h7-10,13,16,20H,4-6H2,1-3H3/t16-/m0/s1. The van der Waals surface area contributed by atoms with Gasteiger partial charge in [0, 0.05) is 17.6 Å². The third-order valence-electron chi connectivity index (χ3n) is 4.84. The van der Waals surface area contributed by atoms with Gasteiger partial charge in [-0.3, -0.25) is 4.68 Å². The van der Waals surface area contributed by atoms with Crippen LogP contribution in [0, 0.1) is 19.8 Å². The highest BCUT2D eigenvalue weighted by atomic mass is 79.9. The molecule has 1 saturated carbocycles. The fourth-order valence-electron chi connectivity index (χ4n) is 3.25. The van der Waals surface area contributed by atoms with E-state index in [1.807, 2.05) is 24.3 Å². The zero-order valence-electron chi connectivity index (χ0n) is 14.1. The first-order valence-electron chi connectivity index (χ1n) is 8.07. The average Bonchev–Trinajstić information content (AvgIpc) is 2.70. The summed E-state index contributed by atoms with van der Waals surface area (Å²) in [7, 11) is -1.86. The van der Waals surface area contributed by atoms with Gasteiger partial charge in [-0.25, -0.2) is 13.1 Å². The maximum Gasteiger partial charge on any atom is 0.244 e. The number of nitrogens with zero attached hydrogens (tertiary/aromatic N) is 2. The number of hydrogen-bond donors (Lipinski definition) is 1. The third kappa shape index (κ3) is 3.30. The first-order valence-corrected chi connectivity index (χ1v) is 10.3. The number of sulfonamides is 1. The van der Waals surface area contributed by atoms with Crippen molar-refractivity contribution in [1.82, 2.24) is 14.5 Å². The van der Waals surface area contributed by atoms with Crippen molar-refractivity contribution in [1.29, 1.82) is 0 Å². The Morgan fingerprint density at radius 3 is 2.33 bits per heavy atom. The first-order chi connectivity index (χ1) is 11.3. The van der Waals surface area contributed by atoms with Gasteiger partial charge in [0.2, 0.25) is 10.0 Å². The number of nitrogens with one attached hydrogen (secondary N) is 1. The summed E-state index contributed by atoms with van der Waals surface area (Å²) < 4.78 is 31.6. The highest BCUT2D eigenvalue weighted by Gasteiger charge is 2.34. The molecule has 0 unspecified atom stereocenters. The molecular formula is C17H22BrN3O2S. The Morgan fingerprint density at radius 2 is 1.88 bits per heavy atom. The SMILES string of the molecule is Cc1nn(C)c(C)c1S(=O)(=O)N[C@H](c1ccc(Br)cc1)C1CCC1. The summed E-state index contributed by atoms with van der Waals surface area (Å²) in [6, 6.07) is 7.68. The molecule has 1 atom stereocenters. The Labute approximate surface area is 151 Å². The predicted molar refractivity (Wildman–Crippen MR) is 97.2 cm³/mol. The van der Waals surface area contributed by atoms with Crippen molar-refractivity contribution in [2.75, 3.05) is 0 Å². The molecule has 0 saturated heterocycles. The number of rotatable bonds is 5. The molecule has 1 aliphatic rings. The maximum absolute atomic E-state index is 13.0. The van der Waals surface area contributed by atoms with Crippen LogP contribution in [0.4, 0.5) is 0 Å². The molecule has 1 aliphatic carbocycles. The molecule has 0 aliphatic heterocycles. The van der Waals surface area contributed by atoms with E-state index < -0.39 is 10.0 Å². The summed E-state index contributed by atoms with van der Waals surface area (Å²) >= 11 is 3.43. The molecule has 5 nitrogen and oxygen atoms in total. The largest absolute Gasteiger partial charge is 0.271 e. The zero-order chi connectivity index (χ0) is 17.5. The van der Waals surface area contributed by atoms with Crippen molar-refractivity contribution in [2.45, 2.75) is 44.0 Å². The number of aryl methyl sites for hydroxylation is 2. The molecule has 24 heavy (non-hydrogen) atoms. The van der Waals surface area contributed by atoms with Gasteiger partial charge < -0.3 is 0 Å². The molecule has 1 N–H and O–H groups in total. The Kier molecular flexibility index (Phi) is 4.86. The van der Waals surface area contributed by atoms with E-state index in [1.54, 1.807) is 25.6 Å². The van der Waals surface area contributed by atoms with Gasteiger partial charge in [-0.1, -0.05) is 34.5 Å². The van der Waals surface area contributed by atoms with Gasteiger partial charge in [0.1, 0.15) is 4.90 Å². The van der Waals surface area contributed by atoms with Crippen LogP contribution in [0.2, 0.25) is 0 Å². The van der Waals surface area contributed by atoms with Crippen LogP contribution in [-0.2, 0) is 17.1 Å². The Morgan fingerprint density at radius 1 is 1.25 bits per heavy atom. The van der Waals surface area contributed by atoms with Gasteiger partial charge in [0.05, 0.1) is 11.4 Å². The topological polar surface area (TPSA) is 64.0 Å². The van der Waals surface area contributed by atoms with Gasteiger partial charge in [-0.05, 0) is 50.3 Å². The van der Waals surface area contributed by atoms with Gasteiger partial charge in [0.15, 0.2) is 0 Å². The minimum absolute atomic E-state index is 0.198. The Bertz CT molecular complexity index is 839. The maximum atomic E-state index is 13.0. The van der Waals surface area contributed by atoms with Crippen molar-refractivity contribution in [3.8, 4) is 0 Å². The molecule has 0 radical (unpaired) electrons. The minimum Gasteiger partial charge on any atom is -0.271 e. The zero-order valence-corrected chi connectivity index (χ0v) is 16.5. The van der Waals surface area contributed by atoms with Crippen molar-refractivity contribution in [3.63, 3.8) is 0 Å². The predicted octanol–water partition coefficient (Wildman–Crippen LogP) is 3.62. The second-order valence-corrected chi connectivity index (χ2v) is 9.03. The Hall–Kier alpha value is -1.18. The average molecular weight is 412 g/mol. The van der Waals surface area contributed by atoms with Crippen LogP contribution in [0.15, 0.2) is 33.6 Å². The van der Waals surface area contributed by atoms with Crippen LogP contribution < -0.4 is 4.72 Å². The number of hydrogen-bond acceptors (Lipinski definition) is 3. The molecule has 2 aromatic rings. The van der Waals surface area contributed by atoms with E-state index >= 15 is 0 Å². The fourth-order valence-corrected chi connectivity index (χ4v) is 5.24. The van der Waals surface area contributed by atoms with E-state index in [2.05, 4.69) is 25.8 Å². The van der Waals surface area contributed by atoms with E-state index in [0.717, 1.165) is 29.3 Å². The van der Waals surface area contributed by atoms with E-state index in [1.165, 1.54) is 0 Å². The lowest BCUT2D eigenvalue weighted by molar-refractivity contribution is 0.251. The second kappa shape index (κ2) is 6.61. The first kappa shape index (κ1) is 17.6. The molecule has 3 rings (SSSR count). The van der Waals surface area contributed by atoms with Crippen molar-refractivity contribution < 1.29 is 8.42 Å². The summed E-state index contributed by atoms with van der Waals surface area (Å²) in [6.45, 7) is 3.52. The van der Waals surface area contributed by atoms with E-state index in [0.29, 0.717) is 22.2 Å². The molecule has 1 heterocycles. The summed E-state index contributed by atoms with van der Waals surface area (Å²) in [6.07, 6.45) is 3.26. The van der Waals surface area contributed by atoms with E-state index in [-0.39, 0.29) is 6.04 Å². The molecule has 7 heteroatoms. The molecule has 0 amide bonds. The highest BCUT2D eigenvalue weighted by molar-refractivity contribution is 9.10. The summed E-state index contributed by atoms with van der Waals surface area (Å²) in [5, 5.41) is 4.24. The van der Waals surface area contributed by atoms with Crippen molar-refractivity contribution in [2.24, 2.45) is 13.0 Å². The second-order valence-electron chi connectivity index (χ2n) is 6.47. The van der Waals surface area contributed by atoms with Crippen LogP contribution in [0.3, 0.4) is 0 Å². The van der Waals surface area contributed by atoms with Gasteiger partial charge >= 0.3 is 0 Å². The van der Waals surface area contributed by atoms with E-state index in [9.17, 15) is 8.42 Å². The minimum atomic E-state index is -3.62. The quantitative estimate of drug-likeness (QED) is 0.816. The third-order valence-corrected chi connectivity index (χ3v) is 7.07. The van der Waals surface area contributed by atoms with Crippen LogP contribution in [0.1, 0.15) is 42.3 Å². The lowest BCUT2D eigenvalue weighted by atomic mass is 9.77. The van der Waals surface area contributed by atoms with Crippen LogP contribution in [0.5, 0.6) is 0 Å². The van der Waals surface area contributed by atoms with Gasteiger partial charge in [-0.15, -0.1) is 0 Å². The Balaban J connectivity index is 1.96. The number of aromatic nitrogens is 2. The smallest absolute Gasteiger partial charge is 0.244 e. The lowest BCUT2D eigenvalue weighted by Crippen LogP contribution is -2.36. The molecule has 1 aromatic carbocycles. The van der Waals surface area contributed by atoms with E-state index in [4.69, 9.17) is 0 Å². The number of halogens is 1. The van der Waals surface area contributed by atoms with Crippen LogP contribution in [0.25, 0.3) is 0 Å². The van der Waals surface area contributed by atoms with Gasteiger partial charge in [0.25, 0.3) is 0 Å².